The van der Waals surface area contributed by atoms with Crippen LogP contribution in [0.2, 0.25) is 5.02 Å². The standard InChI is InChI=1S/C11H8ClF3N4/c12-7-3-1-6(2-4-7)8-5-9(11(13,14)15)18-10(17-8)19-16/h1-5H,16H2,(H,17,18,19). The molecule has 0 aliphatic rings. The van der Waals surface area contributed by atoms with Crippen molar-refractivity contribution < 1.29 is 13.2 Å². The van der Waals surface area contributed by atoms with Crippen molar-refractivity contribution in [1.82, 2.24) is 9.97 Å². The molecule has 0 bridgehead atoms. The molecule has 0 aliphatic carbocycles. The molecule has 0 spiro atoms. The van der Waals surface area contributed by atoms with Crippen molar-refractivity contribution in [2.75, 3.05) is 5.43 Å². The third kappa shape index (κ3) is 3.12. The summed E-state index contributed by atoms with van der Waals surface area (Å²) < 4.78 is 38.1. The van der Waals surface area contributed by atoms with Crippen molar-refractivity contribution in [3.8, 4) is 11.3 Å². The zero-order valence-corrected chi connectivity index (χ0v) is 10.1. The Kier molecular flexibility index (Phi) is 3.59. The van der Waals surface area contributed by atoms with Crippen molar-refractivity contribution in [2.45, 2.75) is 6.18 Å². The lowest BCUT2D eigenvalue weighted by atomic mass is 10.1. The highest BCUT2D eigenvalue weighted by Gasteiger charge is 2.33. The topological polar surface area (TPSA) is 63.8 Å². The Balaban J connectivity index is 2.54. The summed E-state index contributed by atoms with van der Waals surface area (Å²) in [6.45, 7) is 0. The summed E-state index contributed by atoms with van der Waals surface area (Å²) >= 11 is 5.72. The number of alkyl halides is 3. The van der Waals surface area contributed by atoms with Gasteiger partial charge in [-0.05, 0) is 18.2 Å². The van der Waals surface area contributed by atoms with Gasteiger partial charge in [0.05, 0.1) is 5.69 Å². The van der Waals surface area contributed by atoms with Crippen molar-refractivity contribution in [1.29, 1.82) is 0 Å². The number of nitrogens with two attached hydrogens (primary N) is 1. The Hall–Kier alpha value is -1.86. The third-order valence-electron chi connectivity index (χ3n) is 2.29. The summed E-state index contributed by atoms with van der Waals surface area (Å²) in [5.74, 6) is 4.76. The third-order valence-corrected chi connectivity index (χ3v) is 2.54. The van der Waals surface area contributed by atoms with Crippen LogP contribution in [0.3, 0.4) is 0 Å². The van der Waals surface area contributed by atoms with Gasteiger partial charge in [-0.15, -0.1) is 0 Å². The molecular formula is C11H8ClF3N4. The zero-order valence-electron chi connectivity index (χ0n) is 9.37. The summed E-state index contributed by atoms with van der Waals surface area (Å²) in [5.41, 5.74) is 1.53. The van der Waals surface area contributed by atoms with Crippen LogP contribution in [-0.2, 0) is 6.18 Å². The first-order valence-electron chi connectivity index (χ1n) is 5.09. The minimum Gasteiger partial charge on any atom is -0.292 e. The van der Waals surface area contributed by atoms with Gasteiger partial charge in [0.15, 0.2) is 5.69 Å². The number of hydrazine groups is 1. The van der Waals surface area contributed by atoms with Crippen LogP contribution in [0.4, 0.5) is 19.1 Å². The number of anilines is 1. The molecule has 1 heterocycles. The van der Waals surface area contributed by atoms with E-state index in [1.54, 1.807) is 24.3 Å². The fraction of sp³-hybridized carbons (Fsp3) is 0.0909. The molecule has 0 aliphatic heterocycles. The highest BCUT2D eigenvalue weighted by molar-refractivity contribution is 6.30. The van der Waals surface area contributed by atoms with Crippen molar-refractivity contribution in [3.05, 3.63) is 41.0 Å². The monoisotopic (exact) mass is 288 g/mol. The predicted molar refractivity (Wildman–Crippen MR) is 65.3 cm³/mol. The molecule has 0 radical (unpaired) electrons. The van der Waals surface area contributed by atoms with Gasteiger partial charge in [0, 0.05) is 10.6 Å². The second kappa shape index (κ2) is 5.02. The molecule has 0 atom stereocenters. The molecule has 3 N–H and O–H groups in total. The molecule has 2 rings (SSSR count). The minimum absolute atomic E-state index is 0.104. The molecule has 0 saturated heterocycles. The molecular weight excluding hydrogens is 281 g/mol. The van der Waals surface area contributed by atoms with E-state index >= 15 is 0 Å². The zero-order chi connectivity index (χ0) is 14.0. The van der Waals surface area contributed by atoms with E-state index in [2.05, 4.69) is 9.97 Å². The molecule has 1 aromatic carbocycles. The molecule has 8 heteroatoms. The number of aromatic nitrogens is 2. The average molecular weight is 289 g/mol. The molecule has 0 amide bonds. The Bertz CT molecular complexity index is 583. The maximum atomic E-state index is 12.7. The van der Waals surface area contributed by atoms with E-state index in [1.807, 2.05) is 5.43 Å². The van der Waals surface area contributed by atoms with Gasteiger partial charge < -0.3 is 0 Å². The van der Waals surface area contributed by atoms with Crippen LogP contribution in [-0.4, -0.2) is 9.97 Å². The van der Waals surface area contributed by atoms with E-state index in [9.17, 15) is 13.2 Å². The summed E-state index contributed by atoms with van der Waals surface area (Å²) in [4.78, 5) is 7.14. The van der Waals surface area contributed by atoms with E-state index in [1.165, 1.54) is 0 Å². The number of nitrogens with zero attached hydrogens (tertiary/aromatic N) is 2. The van der Waals surface area contributed by atoms with Crippen LogP contribution in [0.15, 0.2) is 30.3 Å². The van der Waals surface area contributed by atoms with E-state index < -0.39 is 11.9 Å². The maximum absolute atomic E-state index is 12.7. The average Bonchev–Trinajstić information content (AvgIpc) is 2.38. The van der Waals surface area contributed by atoms with Gasteiger partial charge in [-0.1, -0.05) is 23.7 Å². The Morgan fingerprint density at radius 1 is 1.11 bits per heavy atom. The molecule has 19 heavy (non-hydrogen) atoms. The first-order valence-corrected chi connectivity index (χ1v) is 5.47. The maximum Gasteiger partial charge on any atom is 0.433 e. The van der Waals surface area contributed by atoms with Gasteiger partial charge in [-0.25, -0.2) is 15.8 Å². The first-order chi connectivity index (χ1) is 8.90. The summed E-state index contributed by atoms with van der Waals surface area (Å²) in [7, 11) is 0. The molecule has 0 saturated carbocycles. The normalized spacial score (nSPS) is 11.4. The van der Waals surface area contributed by atoms with E-state index in [-0.39, 0.29) is 11.6 Å². The Morgan fingerprint density at radius 3 is 2.26 bits per heavy atom. The van der Waals surface area contributed by atoms with Gasteiger partial charge in [0.2, 0.25) is 5.95 Å². The van der Waals surface area contributed by atoms with Crippen molar-refractivity contribution in [3.63, 3.8) is 0 Å². The van der Waals surface area contributed by atoms with Crippen LogP contribution in [0.25, 0.3) is 11.3 Å². The lowest BCUT2D eigenvalue weighted by Gasteiger charge is -2.10. The van der Waals surface area contributed by atoms with E-state index in [4.69, 9.17) is 17.4 Å². The fourth-order valence-corrected chi connectivity index (χ4v) is 1.55. The fourth-order valence-electron chi connectivity index (χ4n) is 1.43. The second-order valence-electron chi connectivity index (χ2n) is 3.61. The molecule has 0 unspecified atom stereocenters. The van der Waals surface area contributed by atoms with Gasteiger partial charge in [-0.2, -0.15) is 13.2 Å². The number of benzene rings is 1. The lowest BCUT2D eigenvalue weighted by molar-refractivity contribution is -0.141. The SMILES string of the molecule is NNc1nc(-c2ccc(Cl)cc2)cc(C(F)(F)F)n1. The lowest BCUT2D eigenvalue weighted by Crippen LogP contribution is -2.15. The quantitative estimate of drug-likeness (QED) is 0.658. The van der Waals surface area contributed by atoms with Gasteiger partial charge >= 0.3 is 6.18 Å². The smallest absolute Gasteiger partial charge is 0.292 e. The van der Waals surface area contributed by atoms with E-state index in [0.29, 0.717) is 10.6 Å². The van der Waals surface area contributed by atoms with Crippen LogP contribution in [0, 0.1) is 0 Å². The molecule has 2 aromatic rings. The predicted octanol–water partition coefficient (Wildman–Crippen LogP) is 3.10. The minimum atomic E-state index is -4.57. The summed E-state index contributed by atoms with van der Waals surface area (Å²) in [5, 5.41) is 0.478. The number of halogens is 4. The number of nitrogens with one attached hydrogen (secondary N) is 1. The summed E-state index contributed by atoms with van der Waals surface area (Å²) in [6.07, 6.45) is -4.57. The van der Waals surface area contributed by atoms with Gasteiger partial charge in [-0.3, -0.25) is 5.43 Å². The Morgan fingerprint density at radius 2 is 1.74 bits per heavy atom. The highest BCUT2D eigenvalue weighted by Crippen LogP contribution is 2.31. The van der Waals surface area contributed by atoms with Crippen LogP contribution in [0.1, 0.15) is 5.69 Å². The number of hydrogen-bond acceptors (Lipinski definition) is 4. The van der Waals surface area contributed by atoms with Crippen molar-refractivity contribution in [2.24, 2.45) is 5.84 Å². The van der Waals surface area contributed by atoms with Gasteiger partial charge in [0.1, 0.15) is 0 Å². The number of rotatable bonds is 2. The summed E-state index contributed by atoms with van der Waals surface area (Å²) in [6, 6.07) is 7.09. The molecule has 4 nitrogen and oxygen atoms in total. The van der Waals surface area contributed by atoms with Crippen LogP contribution in [0.5, 0.6) is 0 Å². The highest BCUT2D eigenvalue weighted by atomic mass is 35.5. The number of nitrogen functional groups attached to an aromatic ring is 1. The van der Waals surface area contributed by atoms with Crippen molar-refractivity contribution >= 4 is 17.5 Å². The van der Waals surface area contributed by atoms with Crippen LogP contribution >= 0.6 is 11.6 Å². The second-order valence-corrected chi connectivity index (χ2v) is 4.05. The first kappa shape index (κ1) is 13.6. The van der Waals surface area contributed by atoms with Gasteiger partial charge in [0.25, 0.3) is 0 Å². The van der Waals surface area contributed by atoms with Crippen LogP contribution < -0.4 is 11.3 Å². The Labute approximate surface area is 111 Å². The molecule has 0 fully saturated rings. The number of hydrogen-bond donors (Lipinski definition) is 2. The molecule has 1 aromatic heterocycles. The molecule has 100 valence electrons. The largest absolute Gasteiger partial charge is 0.433 e. The van der Waals surface area contributed by atoms with E-state index in [0.717, 1.165) is 6.07 Å².